The predicted octanol–water partition coefficient (Wildman–Crippen LogP) is -0.567. The van der Waals surface area contributed by atoms with Crippen molar-refractivity contribution < 1.29 is 13.2 Å². The van der Waals surface area contributed by atoms with Gasteiger partial charge in [-0.15, -0.1) is 0 Å². The van der Waals surface area contributed by atoms with Crippen LogP contribution >= 0.6 is 0 Å². The summed E-state index contributed by atoms with van der Waals surface area (Å²) >= 11 is 0. The van der Waals surface area contributed by atoms with E-state index in [1.165, 1.54) is 24.3 Å². The molecule has 1 aromatic rings. The van der Waals surface area contributed by atoms with Gasteiger partial charge in [-0.05, 0) is 12.1 Å². The van der Waals surface area contributed by atoms with E-state index in [0.717, 1.165) is 0 Å². The van der Waals surface area contributed by atoms with Gasteiger partial charge in [0, 0.05) is 0 Å². The third kappa shape index (κ3) is 2.04. The molecule has 0 atom stereocenters. The third-order valence-electron chi connectivity index (χ3n) is 1.46. The van der Waals surface area contributed by atoms with Crippen LogP contribution in [0.1, 0.15) is 10.4 Å². The maximum atomic E-state index is 10.9. The zero-order chi connectivity index (χ0) is 10.1. The Bertz CT molecular complexity index is 439. The van der Waals surface area contributed by atoms with E-state index in [0.29, 0.717) is 0 Å². The number of rotatable bonds is 2. The molecular formula is C7H8N2O3S. The summed E-state index contributed by atoms with van der Waals surface area (Å²) in [7, 11) is -3.88. The normalized spacial score (nSPS) is 11.2. The maximum absolute atomic E-state index is 10.9. The summed E-state index contributed by atoms with van der Waals surface area (Å²) in [6.45, 7) is 0. The first-order valence-electron chi connectivity index (χ1n) is 3.34. The molecule has 0 bridgehead atoms. The van der Waals surface area contributed by atoms with Crippen molar-refractivity contribution >= 4 is 15.9 Å². The fraction of sp³-hybridized carbons (Fsp3) is 0. The summed E-state index contributed by atoms with van der Waals surface area (Å²) in [5, 5.41) is 4.86. The van der Waals surface area contributed by atoms with Crippen molar-refractivity contribution in [1.29, 1.82) is 0 Å². The molecular weight excluding hydrogens is 192 g/mol. The lowest BCUT2D eigenvalue weighted by Gasteiger charge is -2.02. The Kier molecular flexibility index (Phi) is 2.35. The summed E-state index contributed by atoms with van der Waals surface area (Å²) in [6, 6.07) is 5.51. The third-order valence-corrected chi connectivity index (χ3v) is 2.43. The van der Waals surface area contributed by atoms with Crippen LogP contribution in [0.2, 0.25) is 0 Å². The Hall–Kier alpha value is -1.40. The topological polar surface area (TPSA) is 103 Å². The second kappa shape index (κ2) is 3.15. The molecule has 0 saturated heterocycles. The highest BCUT2D eigenvalue weighted by Crippen LogP contribution is 2.12. The van der Waals surface area contributed by atoms with Crippen LogP contribution in [-0.4, -0.2) is 14.3 Å². The van der Waals surface area contributed by atoms with Gasteiger partial charge in [0.25, 0.3) is 0 Å². The lowest BCUT2D eigenvalue weighted by molar-refractivity contribution is 0.0997. The molecule has 1 amide bonds. The molecule has 0 aliphatic rings. The molecule has 13 heavy (non-hydrogen) atoms. The monoisotopic (exact) mass is 200 g/mol. The van der Waals surface area contributed by atoms with E-state index in [4.69, 9.17) is 10.9 Å². The molecule has 4 N–H and O–H groups in total. The zero-order valence-corrected chi connectivity index (χ0v) is 7.41. The Morgan fingerprint density at radius 1 is 1.23 bits per heavy atom. The number of carbonyl (C=O) groups is 1. The number of nitrogens with two attached hydrogens (primary N) is 2. The number of primary amides is 1. The molecule has 1 aromatic carbocycles. The van der Waals surface area contributed by atoms with E-state index in [1.807, 2.05) is 0 Å². The molecule has 0 radical (unpaired) electrons. The first-order chi connectivity index (χ1) is 5.93. The average molecular weight is 200 g/mol. The van der Waals surface area contributed by atoms with E-state index in [-0.39, 0.29) is 10.5 Å². The van der Waals surface area contributed by atoms with E-state index in [9.17, 15) is 13.2 Å². The van der Waals surface area contributed by atoms with Crippen LogP contribution < -0.4 is 10.9 Å². The van der Waals surface area contributed by atoms with Crippen molar-refractivity contribution in [2.24, 2.45) is 10.9 Å². The fourth-order valence-corrected chi connectivity index (χ4v) is 1.66. The Morgan fingerprint density at radius 3 is 2.15 bits per heavy atom. The van der Waals surface area contributed by atoms with E-state index < -0.39 is 15.9 Å². The Morgan fingerprint density at radius 2 is 1.77 bits per heavy atom. The molecule has 6 heteroatoms. The van der Waals surface area contributed by atoms with Gasteiger partial charge in [-0.2, -0.15) is 0 Å². The number of benzene rings is 1. The number of sulfonamides is 1. The smallest absolute Gasteiger partial charge is 0.250 e. The maximum Gasteiger partial charge on any atom is 0.250 e. The highest BCUT2D eigenvalue weighted by molar-refractivity contribution is 7.89. The molecule has 1 rings (SSSR count). The minimum atomic E-state index is -3.88. The van der Waals surface area contributed by atoms with Gasteiger partial charge in [-0.25, -0.2) is 13.6 Å². The number of primary sulfonamides is 1. The van der Waals surface area contributed by atoms with Crippen LogP contribution in [0.3, 0.4) is 0 Å². The van der Waals surface area contributed by atoms with Crippen LogP contribution in [0.25, 0.3) is 0 Å². The minimum absolute atomic E-state index is 0.0926. The largest absolute Gasteiger partial charge is 0.366 e. The lowest BCUT2D eigenvalue weighted by atomic mass is 10.2. The second-order valence-corrected chi connectivity index (χ2v) is 3.94. The highest BCUT2D eigenvalue weighted by Gasteiger charge is 2.15. The van der Waals surface area contributed by atoms with E-state index in [2.05, 4.69) is 0 Å². The molecule has 5 nitrogen and oxygen atoms in total. The second-order valence-electron chi connectivity index (χ2n) is 2.41. The SMILES string of the molecule is NC(=O)c1ccccc1S(N)(=O)=O. The van der Waals surface area contributed by atoms with Crippen molar-refractivity contribution in [3.05, 3.63) is 29.8 Å². The van der Waals surface area contributed by atoms with Crippen molar-refractivity contribution in [2.45, 2.75) is 4.90 Å². The average Bonchev–Trinajstić information content (AvgIpc) is 2.03. The molecule has 0 saturated carbocycles. The number of amides is 1. The summed E-state index contributed by atoms with van der Waals surface area (Å²) in [6.07, 6.45) is 0. The molecule has 0 fully saturated rings. The molecule has 0 aromatic heterocycles. The molecule has 0 spiro atoms. The molecule has 0 aliphatic carbocycles. The van der Waals surface area contributed by atoms with Crippen LogP contribution in [0.5, 0.6) is 0 Å². The first kappa shape index (κ1) is 9.69. The summed E-state index contributed by atoms with van der Waals surface area (Å²) < 4.78 is 21.9. The van der Waals surface area contributed by atoms with Crippen LogP contribution in [0.15, 0.2) is 29.2 Å². The highest BCUT2D eigenvalue weighted by atomic mass is 32.2. The standard InChI is InChI=1S/C7H8N2O3S/c8-7(10)5-3-1-2-4-6(5)13(9,11)12/h1-4H,(H2,8,10)(H2,9,11,12). The van der Waals surface area contributed by atoms with Gasteiger partial charge in [0.05, 0.1) is 10.5 Å². The predicted molar refractivity (Wildman–Crippen MR) is 46.3 cm³/mol. The van der Waals surface area contributed by atoms with E-state index >= 15 is 0 Å². The summed E-state index contributed by atoms with van der Waals surface area (Å²) in [5.41, 5.74) is 4.86. The van der Waals surface area contributed by atoms with Gasteiger partial charge in [0.1, 0.15) is 0 Å². The van der Waals surface area contributed by atoms with Crippen molar-refractivity contribution in [2.75, 3.05) is 0 Å². The summed E-state index contributed by atoms with van der Waals surface area (Å²) in [4.78, 5) is 10.5. The van der Waals surface area contributed by atoms with Crippen LogP contribution in [0.4, 0.5) is 0 Å². The molecule has 0 unspecified atom stereocenters. The van der Waals surface area contributed by atoms with Gasteiger partial charge >= 0.3 is 0 Å². The quantitative estimate of drug-likeness (QED) is 0.668. The van der Waals surface area contributed by atoms with E-state index in [1.54, 1.807) is 0 Å². The Labute approximate surface area is 75.4 Å². The van der Waals surface area contributed by atoms with Crippen molar-refractivity contribution in [3.63, 3.8) is 0 Å². The minimum Gasteiger partial charge on any atom is -0.366 e. The van der Waals surface area contributed by atoms with Gasteiger partial charge in [0.2, 0.25) is 15.9 Å². The summed E-state index contributed by atoms with van der Waals surface area (Å²) in [5.74, 6) is -0.815. The van der Waals surface area contributed by atoms with Gasteiger partial charge < -0.3 is 5.73 Å². The van der Waals surface area contributed by atoms with Crippen LogP contribution in [-0.2, 0) is 10.0 Å². The molecule has 0 heterocycles. The number of hydrogen-bond donors (Lipinski definition) is 2. The number of carbonyl (C=O) groups excluding carboxylic acids is 1. The van der Waals surface area contributed by atoms with Crippen molar-refractivity contribution in [1.82, 2.24) is 0 Å². The molecule has 0 aliphatic heterocycles. The van der Waals surface area contributed by atoms with Crippen molar-refractivity contribution in [3.8, 4) is 0 Å². The van der Waals surface area contributed by atoms with Gasteiger partial charge in [0.15, 0.2) is 0 Å². The fourth-order valence-electron chi connectivity index (χ4n) is 0.918. The number of hydrogen-bond acceptors (Lipinski definition) is 3. The Balaban J connectivity index is 3.46. The van der Waals surface area contributed by atoms with Gasteiger partial charge in [-0.3, -0.25) is 4.79 Å². The lowest BCUT2D eigenvalue weighted by Crippen LogP contribution is -2.20. The van der Waals surface area contributed by atoms with Crippen LogP contribution in [0, 0.1) is 0 Å². The zero-order valence-electron chi connectivity index (χ0n) is 6.60. The molecule has 70 valence electrons. The van der Waals surface area contributed by atoms with Gasteiger partial charge in [-0.1, -0.05) is 12.1 Å². The first-order valence-corrected chi connectivity index (χ1v) is 4.89.